The predicted molar refractivity (Wildman–Crippen MR) is 56.6 cm³/mol. The van der Waals surface area contributed by atoms with Crippen LogP contribution in [0.5, 0.6) is 0 Å². The van der Waals surface area contributed by atoms with Gasteiger partial charge in [-0.25, -0.2) is 0 Å². The number of aromatic amines is 1. The molecule has 0 spiro atoms. The van der Waals surface area contributed by atoms with Gasteiger partial charge in [0.2, 0.25) is 0 Å². The molecule has 0 saturated carbocycles. The molecule has 2 aromatic rings. The SMILES string of the molecule is CC(O)c1c[nH]c2cc(Br)ccc12. The Labute approximate surface area is 84.7 Å². The lowest BCUT2D eigenvalue weighted by molar-refractivity contribution is 0.201. The van der Waals surface area contributed by atoms with Crippen LogP contribution in [-0.4, -0.2) is 10.1 Å². The summed E-state index contributed by atoms with van der Waals surface area (Å²) < 4.78 is 1.04. The van der Waals surface area contributed by atoms with E-state index < -0.39 is 6.10 Å². The fourth-order valence-corrected chi connectivity index (χ4v) is 1.83. The van der Waals surface area contributed by atoms with Crippen LogP contribution in [0.4, 0.5) is 0 Å². The van der Waals surface area contributed by atoms with Gasteiger partial charge in [-0.15, -0.1) is 0 Å². The second kappa shape index (κ2) is 3.16. The van der Waals surface area contributed by atoms with Crippen molar-refractivity contribution in [3.05, 3.63) is 34.4 Å². The van der Waals surface area contributed by atoms with E-state index in [1.165, 1.54) is 0 Å². The fourth-order valence-electron chi connectivity index (χ4n) is 1.47. The summed E-state index contributed by atoms with van der Waals surface area (Å²) in [4.78, 5) is 3.12. The van der Waals surface area contributed by atoms with E-state index in [4.69, 9.17) is 0 Å². The van der Waals surface area contributed by atoms with Gasteiger partial charge in [-0.2, -0.15) is 0 Å². The average molecular weight is 240 g/mol. The van der Waals surface area contributed by atoms with Crippen LogP contribution in [0.1, 0.15) is 18.6 Å². The van der Waals surface area contributed by atoms with Crippen molar-refractivity contribution in [1.82, 2.24) is 4.98 Å². The molecule has 2 rings (SSSR count). The van der Waals surface area contributed by atoms with Crippen LogP contribution in [0.3, 0.4) is 0 Å². The zero-order valence-corrected chi connectivity index (χ0v) is 8.80. The van der Waals surface area contributed by atoms with Gasteiger partial charge < -0.3 is 10.1 Å². The summed E-state index contributed by atoms with van der Waals surface area (Å²) in [6.07, 6.45) is 1.43. The molecule has 0 aliphatic carbocycles. The number of hydrogen-bond donors (Lipinski definition) is 2. The second-order valence-electron chi connectivity index (χ2n) is 3.11. The van der Waals surface area contributed by atoms with E-state index >= 15 is 0 Å². The highest BCUT2D eigenvalue weighted by Gasteiger charge is 2.07. The molecule has 1 aromatic heterocycles. The van der Waals surface area contributed by atoms with E-state index in [2.05, 4.69) is 20.9 Å². The maximum absolute atomic E-state index is 9.45. The van der Waals surface area contributed by atoms with Crippen LogP contribution in [0.2, 0.25) is 0 Å². The van der Waals surface area contributed by atoms with Crippen molar-refractivity contribution in [1.29, 1.82) is 0 Å². The highest BCUT2D eigenvalue weighted by Crippen LogP contribution is 2.26. The second-order valence-corrected chi connectivity index (χ2v) is 4.03. The summed E-state index contributed by atoms with van der Waals surface area (Å²) in [6, 6.07) is 5.97. The molecule has 2 N–H and O–H groups in total. The number of aliphatic hydroxyl groups is 1. The lowest BCUT2D eigenvalue weighted by Gasteiger charge is -2.00. The van der Waals surface area contributed by atoms with Crippen LogP contribution >= 0.6 is 15.9 Å². The molecule has 1 heterocycles. The number of H-pyrrole nitrogens is 1. The van der Waals surface area contributed by atoms with Crippen LogP contribution in [0.15, 0.2) is 28.9 Å². The molecule has 0 saturated heterocycles. The molecule has 1 atom stereocenters. The topological polar surface area (TPSA) is 36.0 Å². The van der Waals surface area contributed by atoms with E-state index in [1.54, 1.807) is 6.92 Å². The monoisotopic (exact) mass is 239 g/mol. The van der Waals surface area contributed by atoms with E-state index in [9.17, 15) is 5.11 Å². The van der Waals surface area contributed by atoms with Gasteiger partial charge in [0.1, 0.15) is 0 Å². The largest absolute Gasteiger partial charge is 0.389 e. The van der Waals surface area contributed by atoms with Gasteiger partial charge in [-0.1, -0.05) is 22.0 Å². The maximum atomic E-state index is 9.45. The van der Waals surface area contributed by atoms with Crippen molar-refractivity contribution in [2.24, 2.45) is 0 Å². The van der Waals surface area contributed by atoms with E-state index in [1.807, 2.05) is 24.4 Å². The first kappa shape index (κ1) is 8.78. The quantitative estimate of drug-likeness (QED) is 0.789. The summed E-state index contributed by atoms with van der Waals surface area (Å²) in [5.41, 5.74) is 1.99. The number of nitrogens with one attached hydrogen (secondary N) is 1. The third-order valence-corrected chi connectivity index (χ3v) is 2.62. The minimum absolute atomic E-state index is 0.421. The van der Waals surface area contributed by atoms with Crippen molar-refractivity contribution in [3.8, 4) is 0 Å². The third kappa shape index (κ3) is 1.49. The van der Waals surface area contributed by atoms with Gasteiger partial charge >= 0.3 is 0 Å². The molecule has 0 aliphatic rings. The van der Waals surface area contributed by atoms with Gasteiger partial charge in [0.25, 0.3) is 0 Å². The molecule has 0 aliphatic heterocycles. The molecular formula is C10H10BrNO. The highest BCUT2D eigenvalue weighted by atomic mass is 79.9. The zero-order chi connectivity index (χ0) is 9.42. The number of fused-ring (bicyclic) bond motifs is 1. The normalized spacial score (nSPS) is 13.5. The maximum Gasteiger partial charge on any atom is 0.0782 e. The van der Waals surface area contributed by atoms with Crippen LogP contribution in [-0.2, 0) is 0 Å². The Morgan fingerprint density at radius 2 is 2.23 bits per heavy atom. The Morgan fingerprint density at radius 3 is 2.92 bits per heavy atom. The molecule has 0 fully saturated rings. The van der Waals surface area contributed by atoms with E-state index in [0.29, 0.717) is 0 Å². The molecule has 0 bridgehead atoms. The number of rotatable bonds is 1. The van der Waals surface area contributed by atoms with Crippen molar-refractivity contribution in [2.75, 3.05) is 0 Å². The number of halogens is 1. The first-order valence-corrected chi connectivity index (χ1v) is 4.92. The molecule has 2 nitrogen and oxygen atoms in total. The van der Waals surface area contributed by atoms with E-state index in [-0.39, 0.29) is 0 Å². The lowest BCUT2D eigenvalue weighted by Crippen LogP contribution is -1.87. The molecule has 1 aromatic carbocycles. The van der Waals surface area contributed by atoms with Gasteiger partial charge in [-0.05, 0) is 19.1 Å². The zero-order valence-electron chi connectivity index (χ0n) is 7.21. The molecule has 0 radical (unpaired) electrons. The standard InChI is InChI=1S/C10H10BrNO/c1-6(13)9-5-12-10-4-7(11)2-3-8(9)10/h2-6,12-13H,1H3. The Morgan fingerprint density at radius 1 is 1.46 bits per heavy atom. The number of aromatic nitrogens is 1. The predicted octanol–water partition coefficient (Wildman–Crippen LogP) is 2.98. The Bertz CT molecular complexity index is 433. The fraction of sp³-hybridized carbons (Fsp3) is 0.200. The third-order valence-electron chi connectivity index (χ3n) is 2.13. The summed E-state index contributed by atoms with van der Waals surface area (Å²) in [7, 11) is 0. The molecule has 3 heteroatoms. The van der Waals surface area contributed by atoms with Crippen LogP contribution < -0.4 is 0 Å². The minimum atomic E-state index is -0.421. The summed E-state index contributed by atoms with van der Waals surface area (Å²) in [5.74, 6) is 0. The average Bonchev–Trinajstić information content (AvgIpc) is 2.46. The summed E-state index contributed by atoms with van der Waals surface area (Å²) in [5, 5.41) is 10.5. The van der Waals surface area contributed by atoms with Crippen molar-refractivity contribution < 1.29 is 5.11 Å². The van der Waals surface area contributed by atoms with Gasteiger partial charge in [0.15, 0.2) is 0 Å². The van der Waals surface area contributed by atoms with Crippen LogP contribution in [0, 0.1) is 0 Å². The molecule has 13 heavy (non-hydrogen) atoms. The van der Waals surface area contributed by atoms with Crippen molar-refractivity contribution in [2.45, 2.75) is 13.0 Å². The molecular weight excluding hydrogens is 230 g/mol. The minimum Gasteiger partial charge on any atom is -0.389 e. The Kier molecular flexibility index (Phi) is 2.14. The van der Waals surface area contributed by atoms with Crippen molar-refractivity contribution >= 4 is 26.8 Å². The first-order valence-electron chi connectivity index (χ1n) is 4.13. The Balaban J connectivity index is 2.69. The van der Waals surface area contributed by atoms with Gasteiger partial charge in [-0.3, -0.25) is 0 Å². The summed E-state index contributed by atoms with van der Waals surface area (Å²) in [6.45, 7) is 1.77. The van der Waals surface area contributed by atoms with E-state index in [0.717, 1.165) is 20.9 Å². The number of hydrogen-bond acceptors (Lipinski definition) is 1. The molecule has 1 unspecified atom stereocenters. The van der Waals surface area contributed by atoms with Gasteiger partial charge in [0, 0.05) is 27.1 Å². The summed E-state index contributed by atoms with van der Waals surface area (Å²) >= 11 is 3.40. The Hall–Kier alpha value is -0.800. The molecule has 68 valence electrons. The van der Waals surface area contributed by atoms with Crippen molar-refractivity contribution in [3.63, 3.8) is 0 Å². The highest BCUT2D eigenvalue weighted by molar-refractivity contribution is 9.10. The smallest absolute Gasteiger partial charge is 0.0782 e. The number of aliphatic hydroxyl groups excluding tert-OH is 1. The van der Waals surface area contributed by atoms with Gasteiger partial charge in [0.05, 0.1) is 6.10 Å². The number of benzene rings is 1. The lowest BCUT2D eigenvalue weighted by atomic mass is 10.1. The molecule has 0 amide bonds. The first-order chi connectivity index (χ1) is 6.18. The van der Waals surface area contributed by atoms with Crippen LogP contribution in [0.25, 0.3) is 10.9 Å².